The quantitative estimate of drug-likeness (QED) is 0.887. The number of carbonyl (C=O) groups excluding carboxylic acids is 2. The molecule has 2 aliphatic rings. The number of aromatic nitrogens is 2. The second-order valence-electron chi connectivity index (χ2n) is 8.19. The summed E-state index contributed by atoms with van der Waals surface area (Å²) in [5, 5.41) is 2.95. The highest BCUT2D eigenvalue weighted by Gasteiger charge is 2.31. The van der Waals surface area contributed by atoms with Crippen molar-refractivity contribution in [1.29, 1.82) is 0 Å². The summed E-state index contributed by atoms with van der Waals surface area (Å²) in [6, 6.07) is 8.28. The number of nitrogens with one attached hydrogen (secondary N) is 1. The summed E-state index contributed by atoms with van der Waals surface area (Å²) in [5.41, 5.74) is 3.90. The molecular formula is C22H28N4O2. The van der Waals surface area contributed by atoms with E-state index in [0.717, 1.165) is 37.9 Å². The molecular weight excluding hydrogens is 352 g/mol. The number of rotatable bonds is 4. The molecule has 3 heterocycles. The van der Waals surface area contributed by atoms with Crippen molar-refractivity contribution in [2.75, 3.05) is 13.1 Å². The Hall–Kier alpha value is -2.63. The SMILES string of the molecule is CC(C)CNC(=O)c1nc(C(=O)N2CCc3ccccc3C2)c2n1CCCC2. The van der Waals surface area contributed by atoms with Crippen molar-refractivity contribution in [1.82, 2.24) is 19.8 Å². The summed E-state index contributed by atoms with van der Waals surface area (Å²) in [6.45, 7) is 6.78. The van der Waals surface area contributed by atoms with Crippen LogP contribution in [0.25, 0.3) is 0 Å². The Balaban J connectivity index is 1.61. The van der Waals surface area contributed by atoms with Gasteiger partial charge in [0, 0.05) is 26.2 Å². The fourth-order valence-corrected chi connectivity index (χ4v) is 4.08. The minimum absolute atomic E-state index is 0.0527. The molecule has 6 heteroatoms. The van der Waals surface area contributed by atoms with Crippen LogP contribution in [0.2, 0.25) is 0 Å². The molecule has 1 N–H and O–H groups in total. The van der Waals surface area contributed by atoms with Crippen LogP contribution in [-0.2, 0) is 25.9 Å². The number of fused-ring (bicyclic) bond motifs is 2. The first-order valence-electron chi connectivity index (χ1n) is 10.3. The van der Waals surface area contributed by atoms with Gasteiger partial charge in [0.05, 0.1) is 5.69 Å². The molecule has 0 atom stereocenters. The summed E-state index contributed by atoms with van der Waals surface area (Å²) in [7, 11) is 0. The molecule has 0 radical (unpaired) electrons. The first-order valence-corrected chi connectivity index (χ1v) is 10.3. The normalized spacial score (nSPS) is 15.9. The Morgan fingerprint density at radius 1 is 1.11 bits per heavy atom. The minimum Gasteiger partial charge on any atom is -0.349 e. The van der Waals surface area contributed by atoms with Gasteiger partial charge in [-0.2, -0.15) is 0 Å². The van der Waals surface area contributed by atoms with Crippen LogP contribution in [0, 0.1) is 5.92 Å². The van der Waals surface area contributed by atoms with Crippen LogP contribution in [0.5, 0.6) is 0 Å². The highest BCUT2D eigenvalue weighted by molar-refractivity contribution is 5.97. The lowest BCUT2D eigenvalue weighted by atomic mass is 9.99. The van der Waals surface area contributed by atoms with Crippen LogP contribution in [0.1, 0.15) is 64.6 Å². The van der Waals surface area contributed by atoms with Gasteiger partial charge in [0.1, 0.15) is 5.69 Å². The van der Waals surface area contributed by atoms with E-state index in [1.54, 1.807) is 0 Å². The lowest BCUT2D eigenvalue weighted by Gasteiger charge is -2.28. The van der Waals surface area contributed by atoms with Crippen molar-refractivity contribution < 1.29 is 9.59 Å². The first-order chi connectivity index (χ1) is 13.5. The van der Waals surface area contributed by atoms with E-state index in [1.807, 2.05) is 21.6 Å². The van der Waals surface area contributed by atoms with Crippen molar-refractivity contribution in [2.45, 2.75) is 52.6 Å². The van der Waals surface area contributed by atoms with Crippen LogP contribution in [0.15, 0.2) is 24.3 Å². The maximum atomic E-state index is 13.3. The zero-order valence-corrected chi connectivity index (χ0v) is 16.7. The molecule has 4 rings (SSSR count). The van der Waals surface area contributed by atoms with E-state index in [-0.39, 0.29) is 11.8 Å². The third-order valence-corrected chi connectivity index (χ3v) is 5.61. The van der Waals surface area contributed by atoms with Crippen molar-refractivity contribution in [2.24, 2.45) is 5.92 Å². The second kappa shape index (κ2) is 7.78. The zero-order valence-electron chi connectivity index (χ0n) is 16.7. The molecule has 0 saturated carbocycles. The number of imidazole rings is 1. The van der Waals surface area contributed by atoms with Crippen LogP contribution in [-0.4, -0.2) is 39.4 Å². The largest absolute Gasteiger partial charge is 0.349 e. The third-order valence-electron chi connectivity index (χ3n) is 5.61. The molecule has 0 fully saturated rings. The molecule has 0 saturated heterocycles. The lowest BCUT2D eigenvalue weighted by molar-refractivity contribution is 0.0727. The Morgan fingerprint density at radius 2 is 1.89 bits per heavy atom. The Labute approximate surface area is 165 Å². The Kier molecular flexibility index (Phi) is 5.20. The fraction of sp³-hybridized carbons (Fsp3) is 0.500. The summed E-state index contributed by atoms with van der Waals surface area (Å²) in [5.74, 6) is 0.522. The van der Waals surface area contributed by atoms with E-state index in [1.165, 1.54) is 11.1 Å². The molecule has 1 aromatic carbocycles. The molecule has 0 bridgehead atoms. The summed E-state index contributed by atoms with van der Waals surface area (Å²) in [6.07, 6.45) is 3.70. The van der Waals surface area contributed by atoms with Gasteiger partial charge in [-0.25, -0.2) is 4.98 Å². The Bertz CT molecular complexity index is 900. The van der Waals surface area contributed by atoms with Gasteiger partial charge >= 0.3 is 0 Å². The zero-order chi connectivity index (χ0) is 19.7. The van der Waals surface area contributed by atoms with Crippen molar-refractivity contribution in [3.8, 4) is 0 Å². The number of benzene rings is 1. The first kappa shape index (κ1) is 18.7. The highest BCUT2D eigenvalue weighted by Crippen LogP contribution is 2.25. The number of nitrogens with zero attached hydrogens (tertiary/aromatic N) is 3. The van der Waals surface area contributed by atoms with Gasteiger partial charge in [0.15, 0.2) is 5.82 Å². The van der Waals surface area contributed by atoms with Crippen molar-refractivity contribution in [3.63, 3.8) is 0 Å². The predicted molar refractivity (Wildman–Crippen MR) is 107 cm³/mol. The van der Waals surface area contributed by atoms with Crippen LogP contribution in [0.3, 0.4) is 0 Å². The Morgan fingerprint density at radius 3 is 2.68 bits per heavy atom. The molecule has 2 aromatic rings. The van der Waals surface area contributed by atoms with E-state index < -0.39 is 0 Å². The van der Waals surface area contributed by atoms with Crippen molar-refractivity contribution in [3.05, 3.63) is 52.6 Å². The maximum Gasteiger partial charge on any atom is 0.287 e. The van der Waals surface area contributed by atoms with Gasteiger partial charge in [-0.1, -0.05) is 38.1 Å². The predicted octanol–water partition coefficient (Wildman–Crippen LogP) is 2.80. The summed E-state index contributed by atoms with van der Waals surface area (Å²) < 4.78 is 1.96. The number of carbonyl (C=O) groups is 2. The van der Waals surface area contributed by atoms with E-state index in [4.69, 9.17) is 0 Å². The minimum atomic E-state index is -0.181. The highest BCUT2D eigenvalue weighted by atomic mass is 16.2. The lowest BCUT2D eigenvalue weighted by Crippen LogP contribution is -2.36. The second-order valence-corrected chi connectivity index (χ2v) is 8.19. The van der Waals surface area contributed by atoms with E-state index in [9.17, 15) is 9.59 Å². The monoisotopic (exact) mass is 380 g/mol. The number of amides is 2. The van der Waals surface area contributed by atoms with Gasteiger partial charge in [-0.05, 0) is 42.7 Å². The molecule has 6 nitrogen and oxygen atoms in total. The van der Waals surface area contributed by atoms with Crippen LogP contribution < -0.4 is 5.32 Å². The molecule has 1 aromatic heterocycles. The van der Waals surface area contributed by atoms with Crippen LogP contribution in [0.4, 0.5) is 0 Å². The maximum absolute atomic E-state index is 13.3. The molecule has 0 spiro atoms. The van der Waals surface area contributed by atoms with E-state index in [2.05, 4.69) is 36.3 Å². The van der Waals surface area contributed by atoms with Gasteiger partial charge in [-0.3, -0.25) is 9.59 Å². The third kappa shape index (κ3) is 3.55. The van der Waals surface area contributed by atoms with E-state index in [0.29, 0.717) is 37.1 Å². The number of hydrogen-bond acceptors (Lipinski definition) is 3. The van der Waals surface area contributed by atoms with Crippen molar-refractivity contribution >= 4 is 11.8 Å². The summed E-state index contributed by atoms with van der Waals surface area (Å²) >= 11 is 0. The molecule has 0 unspecified atom stereocenters. The molecule has 148 valence electrons. The molecule has 2 aliphatic heterocycles. The fourth-order valence-electron chi connectivity index (χ4n) is 4.08. The standard InChI is InChI=1S/C22H28N4O2/c1-15(2)13-23-21(27)20-24-19(18-9-5-6-11-26(18)20)22(28)25-12-10-16-7-3-4-8-17(16)14-25/h3-4,7-8,15H,5-6,9-14H2,1-2H3,(H,23,27). The van der Waals surface area contributed by atoms with Gasteiger partial charge in [-0.15, -0.1) is 0 Å². The average molecular weight is 380 g/mol. The molecule has 0 aliphatic carbocycles. The van der Waals surface area contributed by atoms with Crippen LogP contribution >= 0.6 is 0 Å². The average Bonchev–Trinajstić information content (AvgIpc) is 3.11. The number of hydrogen-bond donors (Lipinski definition) is 1. The van der Waals surface area contributed by atoms with E-state index >= 15 is 0 Å². The topological polar surface area (TPSA) is 67.2 Å². The summed E-state index contributed by atoms with van der Waals surface area (Å²) in [4.78, 5) is 32.4. The van der Waals surface area contributed by atoms with Gasteiger partial charge in [0.2, 0.25) is 0 Å². The molecule has 28 heavy (non-hydrogen) atoms. The van der Waals surface area contributed by atoms with Gasteiger partial charge < -0.3 is 14.8 Å². The smallest absolute Gasteiger partial charge is 0.287 e. The molecule has 2 amide bonds. The van der Waals surface area contributed by atoms with Gasteiger partial charge in [0.25, 0.3) is 11.8 Å².